The van der Waals surface area contributed by atoms with Gasteiger partial charge < -0.3 is 0 Å². The second kappa shape index (κ2) is 33.1. The molecule has 2 saturated carbocycles. The first-order chi connectivity index (χ1) is 29.3. The SMILES string of the molecule is C.CC.CC.CCC.CCC.CCC.CCN(CC)C(C)(CC)CC.CCc1cc(CC)cc(CN2C3[C@@H]4[C@H](C)[C@H](C)[C@@H]4[C@@H]3[C@H](C)[C@@H]2C)c1.c1ccc2c(c1)Cc1ccccc1-2. The molecule has 2 nitrogen and oxygen atoms in total. The maximum Gasteiger partial charge on any atom is 0.0240 e. The molecule has 1 saturated heterocycles. The molecule has 0 aromatic heterocycles. The summed E-state index contributed by atoms with van der Waals surface area (Å²) >= 11 is 0. The minimum absolute atomic E-state index is 0. The van der Waals surface area contributed by atoms with Crippen molar-refractivity contribution in [2.45, 2.75) is 228 Å². The van der Waals surface area contributed by atoms with Gasteiger partial charge in [0.25, 0.3) is 0 Å². The first-order valence-corrected chi connectivity index (χ1v) is 26.1. The molecular formula is C60H108N2. The zero-order chi connectivity index (χ0) is 46.9. The molecule has 0 amide bonds. The smallest absolute Gasteiger partial charge is 0.0240 e. The standard InChI is InChI=1S/C23H35N.C13H10.C10H23N.3C3H8.2C2H6.CH4/c1-7-17-9-18(8-2)11-19(10-17)12-24-16(6)15(5)22-20-13(3)14(4)21(20)23(22)24;1-3-7-12-10(5-1)9-11-6-2-4-8-13(11)12;1-6-10(5,7-2)11(8-3)9-4;3*1-3-2;2*1-2;/h9-11,13-16,20-23H,7-8,12H2,1-6H3;1-8H,9H2;6-9H2,1-5H3;3*3H2,1-2H3;2*1-2H3;1H4/t13-,14+,15+,16-,20-,21+,22-,23?;;;;;;;;/m0......../s1. The maximum absolute atomic E-state index is 2.88. The lowest BCUT2D eigenvalue weighted by atomic mass is 9.40. The van der Waals surface area contributed by atoms with Crippen molar-refractivity contribution in [1.82, 2.24) is 9.80 Å². The fourth-order valence-electron chi connectivity index (χ4n) is 10.3. The van der Waals surface area contributed by atoms with Crippen LogP contribution in [0, 0.1) is 35.5 Å². The molecule has 1 aliphatic heterocycles. The Morgan fingerprint density at radius 1 is 0.532 bits per heavy atom. The van der Waals surface area contributed by atoms with Crippen LogP contribution in [0.2, 0.25) is 0 Å². The van der Waals surface area contributed by atoms with E-state index < -0.39 is 0 Å². The minimum atomic E-state index is 0. The Kier molecular flexibility index (Phi) is 32.9. The molecule has 2 heteroatoms. The fourth-order valence-corrected chi connectivity index (χ4v) is 10.3. The highest BCUT2D eigenvalue weighted by molar-refractivity contribution is 5.76. The predicted octanol–water partition coefficient (Wildman–Crippen LogP) is 18.3. The molecule has 7 rings (SSSR count). The molecule has 62 heavy (non-hydrogen) atoms. The van der Waals surface area contributed by atoms with Gasteiger partial charge in [-0.15, -0.1) is 0 Å². The van der Waals surface area contributed by atoms with Gasteiger partial charge in [-0.1, -0.05) is 225 Å². The molecule has 3 aromatic carbocycles. The van der Waals surface area contributed by atoms with Crippen molar-refractivity contribution in [3.05, 3.63) is 94.5 Å². The summed E-state index contributed by atoms with van der Waals surface area (Å²) in [6, 6.07) is 26.2. The second-order valence-electron chi connectivity index (χ2n) is 18.1. The third-order valence-corrected chi connectivity index (χ3v) is 14.0. The Morgan fingerprint density at radius 2 is 0.887 bits per heavy atom. The summed E-state index contributed by atoms with van der Waals surface area (Å²) in [5.41, 5.74) is 10.8. The summed E-state index contributed by atoms with van der Waals surface area (Å²) in [7, 11) is 0. The summed E-state index contributed by atoms with van der Waals surface area (Å²) in [5.74, 6) is 5.74. The summed E-state index contributed by atoms with van der Waals surface area (Å²) < 4.78 is 0. The fraction of sp³-hybridized carbons (Fsp3) is 0.700. The molecule has 4 aliphatic rings. The Hall–Kier alpha value is -2.42. The quantitative estimate of drug-likeness (QED) is 0.165. The zero-order valence-corrected chi connectivity index (χ0v) is 44.6. The normalized spacial score (nSPS) is 22.8. The van der Waals surface area contributed by atoms with Crippen molar-refractivity contribution in [2.75, 3.05) is 13.1 Å². The monoisotopic (exact) mass is 857 g/mol. The Balaban J connectivity index is 0. The average molecular weight is 858 g/mol. The van der Waals surface area contributed by atoms with Crippen molar-refractivity contribution in [3.8, 4) is 11.1 Å². The second-order valence-corrected chi connectivity index (χ2v) is 18.1. The van der Waals surface area contributed by atoms with Crippen LogP contribution in [-0.4, -0.2) is 40.5 Å². The van der Waals surface area contributed by atoms with E-state index in [4.69, 9.17) is 0 Å². The van der Waals surface area contributed by atoms with E-state index in [1.807, 2.05) is 27.7 Å². The lowest BCUT2D eigenvalue weighted by molar-refractivity contribution is -0.185. The summed E-state index contributed by atoms with van der Waals surface area (Å²) in [6.45, 7) is 50.2. The number of benzene rings is 3. The largest absolute Gasteiger partial charge is 0.299 e. The van der Waals surface area contributed by atoms with E-state index >= 15 is 0 Å². The lowest BCUT2D eigenvalue weighted by Crippen LogP contribution is -2.68. The van der Waals surface area contributed by atoms with Gasteiger partial charge in [0.15, 0.2) is 0 Å². The van der Waals surface area contributed by atoms with E-state index in [9.17, 15) is 0 Å². The van der Waals surface area contributed by atoms with Crippen LogP contribution in [0.25, 0.3) is 11.1 Å². The molecule has 3 fully saturated rings. The van der Waals surface area contributed by atoms with Gasteiger partial charge in [-0.3, -0.25) is 9.80 Å². The highest BCUT2D eigenvalue weighted by Gasteiger charge is 2.69. The molecule has 1 unspecified atom stereocenters. The van der Waals surface area contributed by atoms with Crippen LogP contribution in [0.4, 0.5) is 0 Å². The Bertz CT molecular complexity index is 1460. The molecular weight excluding hydrogens is 749 g/mol. The molecule has 0 spiro atoms. The molecule has 3 aromatic rings. The van der Waals surface area contributed by atoms with E-state index in [0.717, 1.165) is 73.4 Å². The first kappa shape index (κ1) is 61.7. The highest BCUT2D eigenvalue weighted by Crippen LogP contribution is 2.68. The zero-order valence-electron chi connectivity index (χ0n) is 44.6. The Morgan fingerprint density at radius 3 is 1.24 bits per heavy atom. The van der Waals surface area contributed by atoms with Gasteiger partial charge in [0.05, 0.1) is 0 Å². The lowest BCUT2D eigenvalue weighted by Gasteiger charge is -2.67. The van der Waals surface area contributed by atoms with Gasteiger partial charge in [-0.2, -0.15) is 0 Å². The van der Waals surface area contributed by atoms with Crippen molar-refractivity contribution in [1.29, 1.82) is 0 Å². The summed E-state index contributed by atoms with van der Waals surface area (Å²) in [4.78, 5) is 5.43. The minimum Gasteiger partial charge on any atom is -0.299 e. The number of rotatable bonds is 9. The van der Waals surface area contributed by atoms with Gasteiger partial charge in [0.2, 0.25) is 0 Å². The summed E-state index contributed by atoms with van der Waals surface area (Å²) in [6.07, 6.45) is 9.67. The van der Waals surface area contributed by atoms with Crippen LogP contribution < -0.4 is 0 Å². The van der Waals surface area contributed by atoms with Crippen molar-refractivity contribution < 1.29 is 0 Å². The van der Waals surface area contributed by atoms with Crippen molar-refractivity contribution >= 4 is 0 Å². The van der Waals surface area contributed by atoms with Crippen LogP contribution in [-0.2, 0) is 25.8 Å². The van der Waals surface area contributed by atoms with Crippen LogP contribution in [0.3, 0.4) is 0 Å². The van der Waals surface area contributed by atoms with E-state index in [-0.39, 0.29) is 7.43 Å². The van der Waals surface area contributed by atoms with E-state index in [2.05, 4.69) is 194 Å². The number of fused-ring (bicyclic) bond motifs is 7. The first-order valence-electron chi connectivity index (χ1n) is 26.1. The van der Waals surface area contributed by atoms with Crippen LogP contribution in [0.5, 0.6) is 0 Å². The highest BCUT2D eigenvalue weighted by atomic mass is 15.3. The third-order valence-electron chi connectivity index (χ3n) is 14.0. The molecule has 3 aliphatic carbocycles. The topological polar surface area (TPSA) is 6.48 Å². The van der Waals surface area contributed by atoms with E-state index in [1.165, 1.54) is 78.6 Å². The molecule has 0 bridgehead atoms. The number of nitrogens with zero attached hydrogens (tertiary/aromatic N) is 2. The predicted molar refractivity (Wildman–Crippen MR) is 286 cm³/mol. The molecule has 358 valence electrons. The van der Waals surface area contributed by atoms with E-state index in [1.54, 1.807) is 5.56 Å². The molecule has 0 radical (unpaired) electrons. The van der Waals surface area contributed by atoms with Gasteiger partial charge in [-0.05, 0) is 133 Å². The Labute approximate surface area is 390 Å². The molecule has 0 N–H and O–H groups in total. The third kappa shape index (κ3) is 15.9. The number of hydrogen-bond acceptors (Lipinski definition) is 2. The van der Waals surface area contributed by atoms with E-state index in [0.29, 0.717) is 5.54 Å². The van der Waals surface area contributed by atoms with Gasteiger partial charge in [0, 0.05) is 24.2 Å². The van der Waals surface area contributed by atoms with Crippen molar-refractivity contribution in [2.24, 2.45) is 35.5 Å². The average Bonchev–Trinajstić information content (AvgIpc) is 3.75. The van der Waals surface area contributed by atoms with Crippen LogP contribution in [0.1, 0.15) is 213 Å². The number of hydrogen-bond donors (Lipinski definition) is 0. The summed E-state index contributed by atoms with van der Waals surface area (Å²) in [5, 5.41) is 0. The molecule has 8 atom stereocenters. The van der Waals surface area contributed by atoms with Gasteiger partial charge in [-0.25, -0.2) is 0 Å². The number of aryl methyl sites for hydroxylation is 2. The van der Waals surface area contributed by atoms with Crippen molar-refractivity contribution in [3.63, 3.8) is 0 Å². The van der Waals surface area contributed by atoms with Crippen LogP contribution >= 0.6 is 0 Å². The number of likely N-dealkylation sites (tertiary alicyclic amines) is 1. The van der Waals surface area contributed by atoms with Gasteiger partial charge >= 0.3 is 0 Å². The van der Waals surface area contributed by atoms with Crippen LogP contribution in [0.15, 0.2) is 66.7 Å². The maximum atomic E-state index is 2.88. The van der Waals surface area contributed by atoms with Gasteiger partial charge in [0.1, 0.15) is 0 Å². The molecule has 1 heterocycles.